The zero-order valence-electron chi connectivity index (χ0n) is 9.42. The van der Waals surface area contributed by atoms with Crippen molar-refractivity contribution >= 4 is 18.1 Å². The van der Waals surface area contributed by atoms with Gasteiger partial charge in [0.15, 0.2) is 0 Å². The third-order valence-electron chi connectivity index (χ3n) is 2.44. The summed E-state index contributed by atoms with van der Waals surface area (Å²) in [6, 6.07) is 2.22. The number of nitro benzene ring substituents is 1. The molecule has 0 amide bonds. The van der Waals surface area contributed by atoms with Crippen LogP contribution in [0.15, 0.2) is 12.1 Å². The van der Waals surface area contributed by atoms with Crippen LogP contribution in [-0.2, 0) is 0 Å². The van der Waals surface area contributed by atoms with Crippen LogP contribution in [0.25, 0.3) is 0 Å². The lowest BCUT2D eigenvalue weighted by molar-refractivity contribution is -0.385. The van der Waals surface area contributed by atoms with Gasteiger partial charge < -0.3 is 16.6 Å². The number of hydrogen-bond acceptors (Lipinski definition) is 5. The molecule has 0 spiro atoms. The second-order valence-corrected chi connectivity index (χ2v) is 3.60. The number of halogens is 1. The first-order valence-corrected chi connectivity index (χ1v) is 4.91. The van der Waals surface area contributed by atoms with E-state index in [-0.39, 0.29) is 29.4 Å². The Morgan fingerprint density at radius 3 is 2.59 bits per heavy atom. The number of phenols is 1. The summed E-state index contributed by atoms with van der Waals surface area (Å²) < 4.78 is 0. The van der Waals surface area contributed by atoms with E-state index >= 15 is 0 Å². The van der Waals surface area contributed by atoms with Crippen molar-refractivity contribution < 1.29 is 10.0 Å². The number of nitro groups is 1. The molecule has 0 aliphatic carbocycles. The Labute approximate surface area is 105 Å². The zero-order valence-corrected chi connectivity index (χ0v) is 10.2. The third kappa shape index (κ3) is 3.29. The normalized spacial score (nSPS) is 11.7. The number of aromatic hydroxyl groups is 1. The predicted octanol–water partition coefficient (Wildman–Crippen LogP) is 1.38. The van der Waals surface area contributed by atoms with E-state index in [1.807, 2.05) is 0 Å². The Morgan fingerprint density at radius 1 is 1.53 bits per heavy atom. The van der Waals surface area contributed by atoms with Crippen LogP contribution in [0.2, 0.25) is 0 Å². The molecule has 1 atom stereocenters. The highest BCUT2D eigenvalue weighted by atomic mass is 35.5. The Hall–Kier alpha value is -1.37. The van der Waals surface area contributed by atoms with Crippen LogP contribution < -0.4 is 11.5 Å². The van der Waals surface area contributed by atoms with Gasteiger partial charge in [-0.2, -0.15) is 0 Å². The largest absolute Gasteiger partial charge is 0.507 e. The number of phenolic OH excluding ortho intramolecular Hbond substituents is 1. The van der Waals surface area contributed by atoms with E-state index < -0.39 is 11.0 Å². The Bertz CT molecular complexity index is 412. The van der Waals surface area contributed by atoms with E-state index in [1.54, 1.807) is 6.92 Å². The van der Waals surface area contributed by atoms with E-state index in [9.17, 15) is 15.2 Å². The molecule has 0 fully saturated rings. The molecule has 96 valence electrons. The minimum atomic E-state index is -0.620. The smallest absolute Gasteiger partial charge is 0.277 e. The molecule has 0 radical (unpaired) electrons. The fourth-order valence-corrected chi connectivity index (χ4v) is 1.56. The molecule has 17 heavy (non-hydrogen) atoms. The van der Waals surface area contributed by atoms with Crippen molar-refractivity contribution in [3.63, 3.8) is 0 Å². The Balaban J connectivity index is 0.00000256. The third-order valence-corrected chi connectivity index (χ3v) is 2.44. The van der Waals surface area contributed by atoms with E-state index in [0.29, 0.717) is 18.5 Å². The fraction of sp³-hybridized carbons (Fsp3) is 0.400. The molecule has 1 aromatic rings. The summed E-state index contributed by atoms with van der Waals surface area (Å²) in [5, 5.41) is 20.6. The van der Waals surface area contributed by atoms with Crippen molar-refractivity contribution in [1.82, 2.24) is 0 Å². The van der Waals surface area contributed by atoms with Gasteiger partial charge in [-0.05, 0) is 31.5 Å². The molecular weight excluding hydrogens is 246 g/mol. The van der Waals surface area contributed by atoms with Gasteiger partial charge in [-0.25, -0.2) is 0 Å². The Morgan fingerprint density at radius 2 is 2.12 bits per heavy atom. The van der Waals surface area contributed by atoms with Crippen LogP contribution in [0.1, 0.15) is 23.6 Å². The van der Waals surface area contributed by atoms with Gasteiger partial charge in [-0.1, -0.05) is 0 Å². The van der Waals surface area contributed by atoms with Gasteiger partial charge in [0.05, 0.1) is 10.5 Å². The van der Waals surface area contributed by atoms with E-state index in [4.69, 9.17) is 11.5 Å². The van der Waals surface area contributed by atoms with Crippen molar-refractivity contribution in [3.8, 4) is 5.75 Å². The maximum atomic E-state index is 10.8. The monoisotopic (exact) mass is 261 g/mol. The summed E-state index contributed by atoms with van der Waals surface area (Å²) in [4.78, 5) is 10.3. The van der Waals surface area contributed by atoms with Crippen LogP contribution in [0.4, 0.5) is 5.69 Å². The summed E-state index contributed by atoms with van der Waals surface area (Å²) in [6.07, 6.45) is 0.387. The van der Waals surface area contributed by atoms with E-state index in [1.165, 1.54) is 12.1 Å². The molecule has 0 aliphatic heterocycles. The molecule has 0 bridgehead atoms. The molecule has 1 rings (SSSR count). The lowest BCUT2D eigenvalue weighted by atomic mass is 9.99. The molecule has 0 aromatic heterocycles. The summed E-state index contributed by atoms with van der Waals surface area (Å²) in [5.74, 6) is -0.116. The molecule has 5 N–H and O–H groups in total. The standard InChI is InChI=1S/C10H15N3O3.ClH/c1-6-2-3-8(13(15)16)9(10(6)14)7(12)4-5-11;/h2-3,7,14H,4-5,11-12H2,1H3;1H/t7-;/m1./s1. The second kappa shape index (κ2) is 6.39. The Kier molecular flexibility index (Phi) is 5.87. The summed E-state index contributed by atoms with van der Waals surface area (Å²) in [6.45, 7) is 1.98. The molecule has 6 nitrogen and oxygen atoms in total. The van der Waals surface area contributed by atoms with Gasteiger partial charge in [0, 0.05) is 12.1 Å². The van der Waals surface area contributed by atoms with Crippen LogP contribution in [0.3, 0.4) is 0 Å². The van der Waals surface area contributed by atoms with Gasteiger partial charge in [-0.3, -0.25) is 10.1 Å². The van der Waals surface area contributed by atoms with E-state index in [2.05, 4.69) is 0 Å². The quantitative estimate of drug-likeness (QED) is 0.559. The van der Waals surface area contributed by atoms with E-state index in [0.717, 1.165) is 0 Å². The van der Waals surface area contributed by atoms with Gasteiger partial charge in [0.25, 0.3) is 5.69 Å². The maximum Gasteiger partial charge on any atom is 0.277 e. The minimum Gasteiger partial charge on any atom is -0.507 e. The van der Waals surface area contributed by atoms with Gasteiger partial charge in [-0.15, -0.1) is 12.4 Å². The fourth-order valence-electron chi connectivity index (χ4n) is 1.56. The summed E-state index contributed by atoms with van der Waals surface area (Å²) in [5.41, 5.74) is 11.7. The van der Waals surface area contributed by atoms with Crippen LogP contribution in [0, 0.1) is 17.0 Å². The molecule has 0 aliphatic rings. The molecule has 0 saturated carbocycles. The van der Waals surface area contributed by atoms with Gasteiger partial charge in [0.1, 0.15) is 5.75 Å². The lowest BCUT2D eigenvalue weighted by Crippen LogP contribution is -2.17. The summed E-state index contributed by atoms with van der Waals surface area (Å²) in [7, 11) is 0. The molecular formula is C10H16ClN3O3. The molecule has 0 heterocycles. The number of rotatable bonds is 4. The molecule has 0 unspecified atom stereocenters. The first-order valence-electron chi connectivity index (χ1n) is 4.91. The van der Waals surface area contributed by atoms with Crippen molar-refractivity contribution in [2.45, 2.75) is 19.4 Å². The van der Waals surface area contributed by atoms with Crippen molar-refractivity contribution in [2.75, 3.05) is 6.54 Å². The van der Waals surface area contributed by atoms with Crippen molar-refractivity contribution in [2.24, 2.45) is 11.5 Å². The highest BCUT2D eigenvalue weighted by Crippen LogP contribution is 2.35. The van der Waals surface area contributed by atoms with Gasteiger partial charge in [0.2, 0.25) is 0 Å². The lowest BCUT2D eigenvalue weighted by Gasteiger charge is -2.14. The van der Waals surface area contributed by atoms with Crippen LogP contribution >= 0.6 is 12.4 Å². The number of nitrogens with two attached hydrogens (primary N) is 2. The highest BCUT2D eigenvalue weighted by Gasteiger charge is 2.23. The number of benzene rings is 1. The maximum absolute atomic E-state index is 10.8. The average Bonchev–Trinajstić information content (AvgIpc) is 2.21. The number of hydrogen-bond donors (Lipinski definition) is 3. The van der Waals surface area contributed by atoms with Crippen LogP contribution in [-0.4, -0.2) is 16.6 Å². The first kappa shape index (κ1) is 15.6. The predicted molar refractivity (Wildman–Crippen MR) is 67.3 cm³/mol. The number of aryl methyl sites for hydroxylation is 1. The molecule has 7 heteroatoms. The SMILES string of the molecule is Cc1ccc([N+](=O)[O-])c([C@H](N)CCN)c1O.Cl. The topological polar surface area (TPSA) is 115 Å². The number of nitrogens with zero attached hydrogens (tertiary/aromatic N) is 1. The van der Waals surface area contributed by atoms with Crippen molar-refractivity contribution in [3.05, 3.63) is 33.4 Å². The first-order chi connectivity index (χ1) is 7.49. The average molecular weight is 262 g/mol. The minimum absolute atomic E-state index is 0. The summed E-state index contributed by atoms with van der Waals surface area (Å²) >= 11 is 0. The molecule has 1 aromatic carbocycles. The molecule has 0 saturated heterocycles. The highest BCUT2D eigenvalue weighted by molar-refractivity contribution is 5.85. The second-order valence-electron chi connectivity index (χ2n) is 3.60. The van der Waals surface area contributed by atoms with Gasteiger partial charge >= 0.3 is 0 Å². The zero-order chi connectivity index (χ0) is 12.3. The van der Waals surface area contributed by atoms with Crippen LogP contribution in [0.5, 0.6) is 5.75 Å². The van der Waals surface area contributed by atoms with Crippen molar-refractivity contribution in [1.29, 1.82) is 0 Å².